The van der Waals surface area contributed by atoms with Crippen LogP contribution < -0.4 is 0 Å². The molecule has 0 N–H and O–H groups in total. The van der Waals surface area contributed by atoms with Crippen molar-refractivity contribution >= 4 is 5.91 Å². The first-order chi connectivity index (χ1) is 14.1. The van der Waals surface area contributed by atoms with Crippen LogP contribution in [0.25, 0.3) is 0 Å². The van der Waals surface area contributed by atoms with Gasteiger partial charge in [-0.05, 0) is 88.8 Å². The van der Waals surface area contributed by atoms with Crippen molar-refractivity contribution in [3.63, 3.8) is 0 Å². The second-order valence-electron chi connectivity index (χ2n) is 8.77. The maximum absolute atomic E-state index is 13.4. The summed E-state index contributed by atoms with van der Waals surface area (Å²) < 4.78 is 13.4. The molecular weight excluding hydrogens is 365 g/mol. The van der Waals surface area contributed by atoms with Crippen molar-refractivity contribution in [2.45, 2.75) is 46.0 Å². The van der Waals surface area contributed by atoms with Crippen LogP contribution in [-0.2, 0) is 11.2 Å². The van der Waals surface area contributed by atoms with E-state index in [1.807, 2.05) is 6.07 Å². The Morgan fingerprint density at radius 1 is 1.14 bits per heavy atom. The molecule has 2 aliphatic heterocycles. The molecular formula is C24H38FN3O. The molecule has 0 radical (unpaired) electrons. The number of carbonyl (C=O) groups excluding carboxylic acids is 1. The maximum Gasteiger partial charge on any atom is 0.225 e. The predicted octanol–water partition coefficient (Wildman–Crippen LogP) is 3.66. The molecule has 1 aromatic carbocycles. The number of amides is 1. The molecule has 1 atom stereocenters. The Morgan fingerprint density at radius 3 is 2.62 bits per heavy atom. The molecule has 2 aliphatic rings. The minimum Gasteiger partial charge on any atom is -0.342 e. The summed E-state index contributed by atoms with van der Waals surface area (Å²) in [5, 5.41) is 0. The summed E-state index contributed by atoms with van der Waals surface area (Å²) in [5.74, 6) is 0.988. The fourth-order valence-corrected chi connectivity index (χ4v) is 4.92. The van der Waals surface area contributed by atoms with Gasteiger partial charge in [0.15, 0.2) is 0 Å². The summed E-state index contributed by atoms with van der Waals surface area (Å²) in [6.45, 7) is 12.3. The molecule has 1 aromatic rings. The van der Waals surface area contributed by atoms with Crippen molar-refractivity contribution in [2.24, 2.45) is 11.8 Å². The minimum absolute atomic E-state index is 0.152. The topological polar surface area (TPSA) is 26.8 Å². The van der Waals surface area contributed by atoms with E-state index in [9.17, 15) is 9.18 Å². The number of likely N-dealkylation sites (tertiary alicyclic amines) is 2. The van der Waals surface area contributed by atoms with Crippen LogP contribution in [0.15, 0.2) is 24.3 Å². The van der Waals surface area contributed by atoms with Gasteiger partial charge in [0.2, 0.25) is 5.91 Å². The largest absolute Gasteiger partial charge is 0.342 e. The zero-order valence-electron chi connectivity index (χ0n) is 18.3. The van der Waals surface area contributed by atoms with E-state index < -0.39 is 0 Å². The van der Waals surface area contributed by atoms with Gasteiger partial charge in [-0.2, -0.15) is 0 Å². The summed E-state index contributed by atoms with van der Waals surface area (Å²) in [6.07, 6.45) is 5.29. The van der Waals surface area contributed by atoms with Crippen molar-refractivity contribution < 1.29 is 9.18 Å². The van der Waals surface area contributed by atoms with Gasteiger partial charge in [0, 0.05) is 32.1 Å². The van der Waals surface area contributed by atoms with E-state index >= 15 is 0 Å². The number of halogens is 1. The first kappa shape index (κ1) is 22.2. The van der Waals surface area contributed by atoms with Crippen molar-refractivity contribution in [3.05, 3.63) is 35.6 Å². The molecule has 1 amide bonds. The van der Waals surface area contributed by atoms with Gasteiger partial charge >= 0.3 is 0 Å². The lowest BCUT2D eigenvalue weighted by Gasteiger charge is -2.37. The van der Waals surface area contributed by atoms with Crippen LogP contribution in [0.4, 0.5) is 4.39 Å². The van der Waals surface area contributed by atoms with Crippen LogP contribution in [0.5, 0.6) is 0 Å². The molecule has 0 bridgehead atoms. The minimum atomic E-state index is -0.152. The Bertz CT molecular complexity index is 645. The van der Waals surface area contributed by atoms with Crippen LogP contribution in [0.1, 0.15) is 45.1 Å². The Balaban J connectivity index is 1.47. The van der Waals surface area contributed by atoms with Gasteiger partial charge in [-0.25, -0.2) is 4.39 Å². The van der Waals surface area contributed by atoms with Crippen LogP contribution in [0.2, 0.25) is 0 Å². The molecule has 0 aliphatic carbocycles. The summed E-state index contributed by atoms with van der Waals surface area (Å²) in [4.78, 5) is 20.1. The molecule has 5 heteroatoms. The Hall–Kier alpha value is -1.46. The average Bonchev–Trinajstić information content (AvgIpc) is 2.76. The van der Waals surface area contributed by atoms with E-state index in [1.54, 1.807) is 12.1 Å². The molecule has 3 rings (SSSR count). The van der Waals surface area contributed by atoms with Crippen LogP contribution in [0, 0.1) is 17.7 Å². The van der Waals surface area contributed by atoms with Crippen molar-refractivity contribution in [3.8, 4) is 0 Å². The first-order valence-corrected chi connectivity index (χ1v) is 11.6. The Labute approximate surface area is 176 Å². The van der Waals surface area contributed by atoms with Crippen LogP contribution in [0.3, 0.4) is 0 Å². The van der Waals surface area contributed by atoms with Crippen LogP contribution >= 0.6 is 0 Å². The molecule has 1 unspecified atom stereocenters. The third-order valence-corrected chi connectivity index (χ3v) is 6.76. The number of hydrogen-bond acceptors (Lipinski definition) is 3. The van der Waals surface area contributed by atoms with Gasteiger partial charge in [-0.1, -0.05) is 19.1 Å². The van der Waals surface area contributed by atoms with E-state index in [2.05, 4.69) is 28.5 Å². The third kappa shape index (κ3) is 6.51. The van der Waals surface area contributed by atoms with Crippen LogP contribution in [-0.4, -0.2) is 73.0 Å². The first-order valence-electron chi connectivity index (χ1n) is 11.6. The van der Waals surface area contributed by atoms with Gasteiger partial charge in [-0.3, -0.25) is 4.79 Å². The number of hydrogen-bond donors (Lipinski definition) is 0. The quantitative estimate of drug-likeness (QED) is 0.663. The highest BCUT2D eigenvalue weighted by molar-refractivity contribution is 5.79. The van der Waals surface area contributed by atoms with Gasteiger partial charge in [0.05, 0.1) is 0 Å². The van der Waals surface area contributed by atoms with E-state index in [0.717, 1.165) is 77.2 Å². The highest BCUT2D eigenvalue weighted by Gasteiger charge is 2.30. The molecule has 0 saturated carbocycles. The number of piperidine rings is 2. The lowest BCUT2D eigenvalue weighted by atomic mass is 9.93. The van der Waals surface area contributed by atoms with E-state index in [0.29, 0.717) is 11.8 Å². The van der Waals surface area contributed by atoms with E-state index in [4.69, 9.17) is 0 Å². The molecule has 0 aromatic heterocycles. The number of nitrogens with zero attached hydrogens (tertiary/aromatic N) is 3. The van der Waals surface area contributed by atoms with E-state index in [-0.39, 0.29) is 11.7 Å². The maximum atomic E-state index is 13.4. The molecule has 29 heavy (non-hydrogen) atoms. The summed E-state index contributed by atoms with van der Waals surface area (Å²) in [6, 6.07) is 6.94. The average molecular weight is 404 g/mol. The molecule has 0 spiro atoms. The van der Waals surface area contributed by atoms with Gasteiger partial charge in [-0.15, -0.1) is 0 Å². The van der Waals surface area contributed by atoms with Gasteiger partial charge in [0.1, 0.15) is 5.82 Å². The predicted molar refractivity (Wildman–Crippen MR) is 116 cm³/mol. The number of rotatable bonds is 8. The Morgan fingerprint density at radius 2 is 1.93 bits per heavy atom. The number of carbonyl (C=O) groups is 1. The normalized spacial score (nSPS) is 22.0. The number of benzene rings is 1. The lowest BCUT2D eigenvalue weighted by molar-refractivity contribution is -0.137. The molecule has 4 nitrogen and oxygen atoms in total. The summed E-state index contributed by atoms with van der Waals surface area (Å²) >= 11 is 0. The van der Waals surface area contributed by atoms with Crippen molar-refractivity contribution in [1.82, 2.24) is 14.7 Å². The second-order valence-corrected chi connectivity index (χ2v) is 8.77. The standard InChI is InChI=1S/C24H38FN3O/c1-3-26-15-11-22(12-16-26)24(29)28(4-2)19-21-8-6-13-27(18-21)14-10-20-7-5-9-23(25)17-20/h5,7,9,17,21-22H,3-4,6,8,10-16,18-19H2,1-2H3. The smallest absolute Gasteiger partial charge is 0.225 e. The molecule has 2 saturated heterocycles. The highest BCUT2D eigenvalue weighted by atomic mass is 19.1. The van der Waals surface area contributed by atoms with E-state index in [1.165, 1.54) is 18.9 Å². The SMILES string of the molecule is CCN1CCC(C(=O)N(CC)CC2CCCN(CCc3cccc(F)c3)C2)CC1. The zero-order chi connectivity index (χ0) is 20.6. The third-order valence-electron chi connectivity index (χ3n) is 6.76. The van der Waals surface area contributed by atoms with Gasteiger partial charge in [0.25, 0.3) is 0 Å². The molecule has 162 valence electrons. The second kappa shape index (κ2) is 11.1. The summed E-state index contributed by atoms with van der Waals surface area (Å²) in [7, 11) is 0. The highest BCUT2D eigenvalue weighted by Crippen LogP contribution is 2.23. The zero-order valence-corrected chi connectivity index (χ0v) is 18.3. The van der Waals surface area contributed by atoms with Gasteiger partial charge < -0.3 is 14.7 Å². The monoisotopic (exact) mass is 403 g/mol. The molecule has 2 fully saturated rings. The van der Waals surface area contributed by atoms with Crippen molar-refractivity contribution in [2.75, 3.05) is 52.4 Å². The summed E-state index contributed by atoms with van der Waals surface area (Å²) in [5.41, 5.74) is 1.07. The fraction of sp³-hybridized carbons (Fsp3) is 0.708. The Kier molecular flexibility index (Phi) is 8.49. The lowest BCUT2D eigenvalue weighted by Crippen LogP contribution is -2.46. The van der Waals surface area contributed by atoms with Crippen molar-refractivity contribution in [1.29, 1.82) is 0 Å². The molecule has 2 heterocycles. The fourth-order valence-electron chi connectivity index (χ4n) is 4.92.